The minimum atomic E-state index is -0.527. The predicted molar refractivity (Wildman–Crippen MR) is 117 cm³/mol. The summed E-state index contributed by atoms with van der Waals surface area (Å²) in [5.74, 6) is -0.276. The second kappa shape index (κ2) is 9.30. The van der Waals surface area contributed by atoms with Crippen molar-refractivity contribution in [1.82, 2.24) is 0 Å². The lowest BCUT2D eigenvalue weighted by atomic mass is 10.1. The number of para-hydroxylation sites is 2. The van der Waals surface area contributed by atoms with Crippen molar-refractivity contribution in [3.63, 3.8) is 0 Å². The molecule has 3 rings (SSSR count). The number of anilines is 4. The number of ether oxygens (including phenoxy) is 1. The summed E-state index contributed by atoms with van der Waals surface area (Å²) in [6.07, 6.45) is -0.306. The first-order valence-corrected chi connectivity index (χ1v) is 9.89. The molecule has 1 heterocycles. The zero-order chi connectivity index (χ0) is 21.7. The number of nitrogens with one attached hydrogen (secondary N) is 3. The first-order chi connectivity index (χ1) is 14.4. The van der Waals surface area contributed by atoms with E-state index in [-0.39, 0.29) is 37.4 Å². The standard InChI is InChI=1S/C22H26N4O4/c1-4-30-22(29)25-17-10-7-9-16(15(17)3)23-13-21(28)26-14(2)12-20(27)24-18-8-5-6-11-19(18)26/h5-11,14,23H,4,12-13H2,1-3H3,(H,24,27)(H,25,29). The van der Waals surface area contributed by atoms with Crippen molar-refractivity contribution in [1.29, 1.82) is 0 Å². The zero-order valence-electron chi connectivity index (χ0n) is 17.3. The van der Waals surface area contributed by atoms with E-state index in [0.29, 0.717) is 17.1 Å². The monoisotopic (exact) mass is 410 g/mol. The Labute approximate surface area is 175 Å². The number of carbonyl (C=O) groups excluding carboxylic acids is 3. The van der Waals surface area contributed by atoms with Crippen LogP contribution in [0, 0.1) is 6.92 Å². The molecule has 0 bridgehead atoms. The van der Waals surface area contributed by atoms with Gasteiger partial charge in [0.15, 0.2) is 0 Å². The Morgan fingerprint density at radius 3 is 2.67 bits per heavy atom. The van der Waals surface area contributed by atoms with E-state index in [0.717, 1.165) is 11.3 Å². The van der Waals surface area contributed by atoms with E-state index < -0.39 is 6.09 Å². The number of benzene rings is 2. The van der Waals surface area contributed by atoms with Gasteiger partial charge in [0.05, 0.1) is 24.5 Å². The molecule has 0 saturated heterocycles. The van der Waals surface area contributed by atoms with Gasteiger partial charge in [0.25, 0.3) is 0 Å². The van der Waals surface area contributed by atoms with Crippen LogP contribution in [0.2, 0.25) is 0 Å². The van der Waals surface area contributed by atoms with Crippen LogP contribution in [0.5, 0.6) is 0 Å². The molecule has 0 spiro atoms. The fourth-order valence-corrected chi connectivity index (χ4v) is 3.46. The van der Waals surface area contributed by atoms with Crippen molar-refractivity contribution in [3.05, 3.63) is 48.0 Å². The topological polar surface area (TPSA) is 99.8 Å². The Kier molecular flexibility index (Phi) is 6.56. The number of rotatable bonds is 5. The quantitative estimate of drug-likeness (QED) is 0.697. The molecule has 1 aliphatic heterocycles. The first kappa shape index (κ1) is 21.2. The summed E-state index contributed by atoms with van der Waals surface area (Å²) < 4.78 is 4.92. The molecule has 1 atom stereocenters. The molecular weight excluding hydrogens is 384 g/mol. The van der Waals surface area contributed by atoms with Crippen LogP contribution in [0.25, 0.3) is 0 Å². The number of nitrogens with zero attached hydrogens (tertiary/aromatic N) is 1. The highest BCUT2D eigenvalue weighted by Gasteiger charge is 2.29. The Morgan fingerprint density at radius 2 is 1.90 bits per heavy atom. The van der Waals surface area contributed by atoms with Crippen molar-refractivity contribution in [2.75, 3.05) is 34.0 Å². The SMILES string of the molecule is CCOC(=O)Nc1cccc(NCC(=O)N2c3ccccc3NC(=O)CC2C)c1C. The van der Waals surface area contributed by atoms with Gasteiger partial charge in [-0.05, 0) is 50.6 Å². The van der Waals surface area contributed by atoms with Crippen LogP contribution in [0.4, 0.5) is 27.5 Å². The molecule has 2 aromatic rings. The fraction of sp³-hybridized carbons (Fsp3) is 0.318. The number of carbonyl (C=O) groups is 3. The van der Waals surface area contributed by atoms with Crippen LogP contribution >= 0.6 is 0 Å². The number of hydrogen-bond donors (Lipinski definition) is 3. The van der Waals surface area contributed by atoms with Gasteiger partial charge in [0.1, 0.15) is 0 Å². The molecule has 3 amide bonds. The Bertz CT molecular complexity index is 960. The summed E-state index contributed by atoms with van der Waals surface area (Å²) in [7, 11) is 0. The molecule has 0 fully saturated rings. The van der Waals surface area contributed by atoms with Gasteiger partial charge in [-0.25, -0.2) is 4.79 Å². The molecule has 158 valence electrons. The number of amides is 3. The van der Waals surface area contributed by atoms with Gasteiger partial charge in [-0.15, -0.1) is 0 Å². The second-order valence-electron chi connectivity index (χ2n) is 7.06. The maximum Gasteiger partial charge on any atom is 0.411 e. The summed E-state index contributed by atoms with van der Waals surface area (Å²) in [4.78, 5) is 38.6. The van der Waals surface area contributed by atoms with E-state index in [4.69, 9.17) is 4.74 Å². The molecule has 30 heavy (non-hydrogen) atoms. The smallest absolute Gasteiger partial charge is 0.411 e. The second-order valence-corrected chi connectivity index (χ2v) is 7.06. The summed E-state index contributed by atoms with van der Waals surface area (Å²) in [6, 6.07) is 12.4. The average molecular weight is 410 g/mol. The van der Waals surface area contributed by atoms with Crippen molar-refractivity contribution < 1.29 is 19.1 Å². The van der Waals surface area contributed by atoms with Crippen molar-refractivity contribution in [2.45, 2.75) is 33.2 Å². The lowest BCUT2D eigenvalue weighted by Crippen LogP contribution is -2.42. The molecule has 3 N–H and O–H groups in total. The maximum absolute atomic E-state index is 13.1. The Morgan fingerprint density at radius 1 is 1.17 bits per heavy atom. The van der Waals surface area contributed by atoms with Gasteiger partial charge >= 0.3 is 6.09 Å². The molecule has 0 saturated carbocycles. The molecule has 1 unspecified atom stereocenters. The molecule has 0 radical (unpaired) electrons. The Hall–Kier alpha value is -3.55. The van der Waals surface area contributed by atoms with Gasteiger partial charge in [0.2, 0.25) is 11.8 Å². The van der Waals surface area contributed by atoms with Gasteiger partial charge in [-0.1, -0.05) is 18.2 Å². The summed E-state index contributed by atoms with van der Waals surface area (Å²) in [5, 5.41) is 8.69. The first-order valence-electron chi connectivity index (χ1n) is 9.89. The predicted octanol–water partition coefficient (Wildman–Crippen LogP) is 3.74. The maximum atomic E-state index is 13.1. The van der Waals surface area contributed by atoms with Gasteiger partial charge < -0.3 is 20.3 Å². The lowest BCUT2D eigenvalue weighted by molar-refractivity contribution is -0.118. The van der Waals surface area contributed by atoms with Crippen LogP contribution in [0.3, 0.4) is 0 Å². The molecule has 8 heteroatoms. The third kappa shape index (κ3) is 4.71. The van der Waals surface area contributed by atoms with Gasteiger partial charge in [-0.2, -0.15) is 0 Å². The molecule has 0 aromatic heterocycles. The largest absolute Gasteiger partial charge is 0.450 e. The number of hydrogen-bond acceptors (Lipinski definition) is 5. The van der Waals surface area contributed by atoms with Crippen LogP contribution in [-0.4, -0.2) is 37.1 Å². The zero-order valence-corrected chi connectivity index (χ0v) is 17.3. The summed E-state index contributed by atoms with van der Waals surface area (Å²) in [6.45, 7) is 5.76. The normalized spacial score (nSPS) is 15.5. The molecule has 1 aliphatic rings. The third-order valence-electron chi connectivity index (χ3n) is 4.90. The van der Waals surface area contributed by atoms with Gasteiger partial charge in [0, 0.05) is 23.8 Å². The molecule has 2 aromatic carbocycles. The van der Waals surface area contributed by atoms with E-state index in [1.807, 2.05) is 38.1 Å². The van der Waals surface area contributed by atoms with Crippen LogP contribution in [-0.2, 0) is 14.3 Å². The van der Waals surface area contributed by atoms with E-state index in [2.05, 4.69) is 16.0 Å². The summed E-state index contributed by atoms with van der Waals surface area (Å²) in [5.41, 5.74) is 3.42. The highest BCUT2D eigenvalue weighted by Crippen LogP contribution is 2.31. The number of fused-ring (bicyclic) bond motifs is 1. The van der Waals surface area contributed by atoms with Crippen LogP contribution in [0.15, 0.2) is 42.5 Å². The average Bonchev–Trinajstić information content (AvgIpc) is 2.82. The highest BCUT2D eigenvalue weighted by atomic mass is 16.5. The highest BCUT2D eigenvalue weighted by molar-refractivity contribution is 6.05. The molecule has 0 aliphatic carbocycles. The summed E-state index contributed by atoms with van der Waals surface area (Å²) >= 11 is 0. The van der Waals surface area contributed by atoms with Crippen molar-refractivity contribution in [2.24, 2.45) is 0 Å². The van der Waals surface area contributed by atoms with E-state index in [1.165, 1.54) is 0 Å². The van der Waals surface area contributed by atoms with Crippen molar-refractivity contribution in [3.8, 4) is 0 Å². The Balaban J connectivity index is 1.76. The van der Waals surface area contributed by atoms with E-state index in [1.54, 1.807) is 30.0 Å². The third-order valence-corrected chi connectivity index (χ3v) is 4.90. The van der Waals surface area contributed by atoms with Crippen LogP contribution < -0.4 is 20.9 Å². The van der Waals surface area contributed by atoms with Crippen molar-refractivity contribution >= 4 is 40.7 Å². The van der Waals surface area contributed by atoms with E-state index in [9.17, 15) is 14.4 Å². The fourth-order valence-electron chi connectivity index (χ4n) is 3.46. The minimum Gasteiger partial charge on any atom is -0.450 e. The molecular formula is C22H26N4O4. The molecule has 8 nitrogen and oxygen atoms in total. The lowest BCUT2D eigenvalue weighted by Gasteiger charge is -2.28. The van der Waals surface area contributed by atoms with E-state index >= 15 is 0 Å². The van der Waals surface area contributed by atoms with Crippen LogP contribution in [0.1, 0.15) is 25.8 Å². The minimum absolute atomic E-state index is 0.0383. The van der Waals surface area contributed by atoms with Gasteiger partial charge in [-0.3, -0.25) is 14.9 Å².